The van der Waals surface area contributed by atoms with Crippen LogP contribution in [0, 0.1) is 5.41 Å². The molecule has 1 fully saturated rings. The molecule has 2 heterocycles. The average molecular weight is 260 g/mol. The summed E-state index contributed by atoms with van der Waals surface area (Å²) in [5, 5.41) is 3.41. The van der Waals surface area contributed by atoms with Gasteiger partial charge in [-0.2, -0.15) is 0 Å². The first-order valence-corrected chi connectivity index (χ1v) is 7.36. The van der Waals surface area contributed by atoms with E-state index in [0.717, 1.165) is 51.5 Å². The van der Waals surface area contributed by atoms with Crippen LogP contribution < -0.4 is 10.1 Å². The van der Waals surface area contributed by atoms with Crippen molar-refractivity contribution in [3.8, 4) is 5.75 Å². The Kier molecular flexibility index (Phi) is 3.50. The predicted octanol–water partition coefficient (Wildman–Crippen LogP) is 2.05. The van der Waals surface area contributed by atoms with E-state index in [-0.39, 0.29) is 0 Å². The summed E-state index contributed by atoms with van der Waals surface area (Å²) in [5.74, 6) is 1.03. The molecule has 0 aliphatic carbocycles. The van der Waals surface area contributed by atoms with Gasteiger partial charge in [-0.05, 0) is 42.8 Å². The monoisotopic (exact) mass is 260 g/mol. The molecular weight excluding hydrogens is 236 g/mol. The lowest BCUT2D eigenvalue weighted by Crippen LogP contribution is -2.57. The molecule has 1 saturated heterocycles. The van der Waals surface area contributed by atoms with Gasteiger partial charge in [0.15, 0.2) is 0 Å². The second-order valence-electron chi connectivity index (χ2n) is 6.26. The number of rotatable bonds is 4. The third-order valence-electron chi connectivity index (χ3n) is 4.31. The summed E-state index contributed by atoms with van der Waals surface area (Å²) < 4.78 is 6.02. The number of ether oxygens (including phenoxy) is 1. The van der Waals surface area contributed by atoms with Gasteiger partial charge in [-0.1, -0.05) is 19.9 Å². The number of nitrogens with one attached hydrogen (secondary N) is 1. The van der Waals surface area contributed by atoms with Gasteiger partial charge < -0.3 is 15.0 Å². The molecule has 2 aliphatic heterocycles. The molecule has 0 radical (unpaired) electrons. The fourth-order valence-corrected chi connectivity index (χ4v) is 3.15. The van der Waals surface area contributed by atoms with E-state index in [1.54, 1.807) is 0 Å². The van der Waals surface area contributed by atoms with E-state index in [2.05, 4.69) is 42.3 Å². The van der Waals surface area contributed by atoms with Crippen LogP contribution in [-0.2, 0) is 13.0 Å². The van der Waals surface area contributed by atoms with Crippen molar-refractivity contribution in [3.05, 3.63) is 29.3 Å². The van der Waals surface area contributed by atoms with Crippen molar-refractivity contribution >= 4 is 0 Å². The zero-order chi connectivity index (χ0) is 13.3. The van der Waals surface area contributed by atoms with Crippen LogP contribution in [0.15, 0.2) is 18.2 Å². The minimum Gasteiger partial charge on any atom is -0.493 e. The lowest BCUT2D eigenvalue weighted by atomic mass is 9.83. The van der Waals surface area contributed by atoms with Gasteiger partial charge >= 0.3 is 0 Å². The minimum absolute atomic E-state index is 0.337. The topological polar surface area (TPSA) is 24.5 Å². The highest BCUT2D eigenvalue weighted by atomic mass is 16.5. The molecule has 3 rings (SSSR count). The molecule has 104 valence electrons. The fraction of sp³-hybridized carbons (Fsp3) is 0.625. The molecule has 3 heteroatoms. The molecule has 1 aromatic carbocycles. The van der Waals surface area contributed by atoms with Crippen molar-refractivity contribution in [3.63, 3.8) is 0 Å². The molecular formula is C16H24N2O. The van der Waals surface area contributed by atoms with Crippen LogP contribution in [0.4, 0.5) is 0 Å². The second kappa shape index (κ2) is 5.14. The number of benzene rings is 1. The standard InChI is InChI=1S/C16H24N2O/c1-3-18-10-16(2,11-18)12-19-15-5-4-13-6-7-17-9-14(13)8-15/h4-5,8,17H,3,6-7,9-12H2,1-2H3. The molecule has 0 aromatic heterocycles. The second-order valence-corrected chi connectivity index (χ2v) is 6.26. The number of fused-ring (bicyclic) bond motifs is 1. The number of likely N-dealkylation sites (tertiary alicyclic amines) is 1. The Hall–Kier alpha value is -1.06. The van der Waals surface area contributed by atoms with Crippen LogP contribution in [0.5, 0.6) is 5.75 Å². The molecule has 0 saturated carbocycles. The lowest BCUT2D eigenvalue weighted by Gasteiger charge is -2.47. The SMILES string of the molecule is CCN1CC(C)(COc2ccc3c(c2)CNCC3)C1. The Morgan fingerprint density at radius 2 is 2.16 bits per heavy atom. The third kappa shape index (κ3) is 2.77. The summed E-state index contributed by atoms with van der Waals surface area (Å²) in [6, 6.07) is 6.57. The van der Waals surface area contributed by atoms with E-state index < -0.39 is 0 Å². The zero-order valence-electron chi connectivity index (χ0n) is 12.0. The van der Waals surface area contributed by atoms with Crippen LogP contribution in [0.1, 0.15) is 25.0 Å². The van der Waals surface area contributed by atoms with Crippen LogP contribution in [0.3, 0.4) is 0 Å². The molecule has 3 nitrogen and oxygen atoms in total. The molecule has 1 N–H and O–H groups in total. The Bertz CT molecular complexity index is 452. The first kappa shape index (κ1) is 12.9. The molecule has 0 unspecified atom stereocenters. The molecule has 2 aliphatic rings. The highest BCUT2D eigenvalue weighted by Crippen LogP contribution is 2.30. The number of hydrogen-bond acceptors (Lipinski definition) is 3. The Labute approximate surface area is 115 Å². The lowest BCUT2D eigenvalue weighted by molar-refractivity contribution is -0.0156. The molecule has 0 bridgehead atoms. The maximum atomic E-state index is 6.02. The predicted molar refractivity (Wildman–Crippen MR) is 77.6 cm³/mol. The van der Waals surface area contributed by atoms with Gasteiger partial charge in [0.25, 0.3) is 0 Å². The van der Waals surface area contributed by atoms with Gasteiger partial charge in [0, 0.05) is 25.0 Å². The number of hydrogen-bond donors (Lipinski definition) is 1. The summed E-state index contributed by atoms with van der Waals surface area (Å²) >= 11 is 0. The van der Waals surface area contributed by atoms with Gasteiger partial charge in [-0.15, -0.1) is 0 Å². The smallest absolute Gasteiger partial charge is 0.119 e. The van der Waals surface area contributed by atoms with Gasteiger partial charge in [-0.3, -0.25) is 0 Å². The molecule has 1 aromatic rings. The van der Waals surface area contributed by atoms with E-state index in [0.29, 0.717) is 5.41 Å². The highest BCUT2D eigenvalue weighted by molar-refractivity contribution is 5.37. The van der Waals surface area contributed by atoms with Crippen LogP contribution in [-0.4, -0.2) is 37.7 Å². The Morgan fingerprint density at radius 3 is 2.95 bits per heavy atom. The summed E-state index contributed by atoms with van der Waals surface area (Å²) in [6.45, 7) is 10.9. The summed E-state index contributed by atoms with van der Waals surface area (Å²) in [4.78, 5) is 2.46. The van der Waals surface area contributed by atoms with Gasteiger partial charge in [-0.25, -0.2) is 0 Å². The summed E-state index contributed by atoms with van der Waals surface area (Å²) in [6.07, 6.45) is 1.14. The summed E-state index contributed by atoms with van der Waals surface area (Å²) in [7, 11) is 0. The summed E-state index contributed by atoms with van der Waals surface area (Å²) in [5.41, 5.74) is 3.21. The molecule has 0 atom stereocenters. The van der Waals surface area contributed by atoms with Crippen molar-refractivity contribution in [1.29, 1.82) is 0 Å². The van der Waals surface area contributed by atoms with Gasteiger partial charge in [0.1, 0.15) is 5.75 Å². The molecule has 0 amide bonds. The largest absolute Gasteiger partial charge is 0.493 e. The van der Waals surface area contributed by atoms with E-state index in [9.17, 15) is 0 Å². The average Bonchev–Trinajstić information content (AvgIpc) is 2.42. The van der Waals surface area contributed by atoms with Crippen LogP contribution in [0.25, 0.3) is 0 Å². The quantitative estimate of drug-likeness (QED) is 0.897. The Morgan fingerprint density at radius 1 is 1.32 bits per heavy atom. The highest BCUT2D eigenvalue weighted by Gasteiger charge is 2.38. The van der Waals surface area contributed by atoms with Crippen molar-refractivity contribution in [2.24, 2.45) is 5.41 Å². The van der Waals surface area contributed by atoms with Crippen molar-refractivity contribution < 1.29 is 4.74 Å². The first-order chi connectivity index (χ1) is 9.18. The van der Waals surface area contributed by atoms with E-state index in [1.165, 1.54) is 11.1 Å². The van der Waals surface area contributed by atoms with Crippen molar-refractivity contribution in [1.82, 2.24) is 10.2 Å². The fourth-order valence-electron chi connectivity index (χ4n) is 3.15. The first-order valence-electron chi connectivity index (χ1n) is 7.36. The van der Waals surface area contributed by atoms with E-state index in [4.69, 9.17) is 4.74 Å². The zero-order valence-corrected chi connectivity index (χ0v) is 12.0. The molecule has 19 heavy (non-hydrogen) atoms. The van der Waals surface area contributed by atoms with E-state index in [1.807, 2.05) is 0 Å². The van der Waals surface area contributed by atoms with Crippen molar-refractivity contribution in [2.75, 3.05) is 32.8 Å². The molecule has 0 spiro atoms. The van der Waals surface area contributed by atoms with Gasteiger partial charge in [0.2, 0.25) is 0 Å². The normalized spacial score (nSPS) is 21.6. The maximum Gasteiger partial charge on any atom is 0.119 e. The maximum absolute atomic E-state index is 6.02. The van der Waals surface area contributed by atoms with Crippen LogP contribution in [0.2, 0.25) is 0 Å². The van der Waals surface area contributed by atoms with Crippen molar-refractivity contribution in [2.45, 2.75) is 26.8 Å². The number of nitrogens with zero attached hydrogens (tertiary/aromatic N) is 1. The third-order valence-corrected chi connectivity index (χ3v) is 4.31. The van der Waals surface area contributed by atoms with Crippen LogP contribution >= 0.6 is 0 Å². The Balaban J connectivity index is 1.58. The van der Waals surface area contributed by atoms with E-state index >= 15 is 0 Å². The minimum atomic E-state index is 0.337. The van der Waals surface area contributed by atoms with Gasteiger partial charge in [0.05, 0.1) is 6.61 Å².